The first-order valence-corrected chi connectivity index (χ1v) is 10.7. The number of likely N-dealkylation sites (tertiary alicyclic amines) is 1. The van der Waals surface area contributed by atoms with Crippen LogP contribution in [0.1, 0.15) is 36.0 Å². The summed E-state index contributed by atoms with van der Waals surface area (Å²) in [5, 5.41) is 2.98. The number of amides is 2. The first kappa shape index (κ1) is 20.4. The molecule has 1 unspecified atom stereocenters. The average molecular weight is 401 g/mol. The molecule has 4 nitrogen and oxygen atoms in total. The molecule has 1 aliphatic rings. The first-order chi connectivity index (χ1) is 13.6. The molecule has 3 rings (SSSR count). The Hall–Kier alpha value is -2.34. The molecule has 1 saturated heterocycles. The van der Waals surface area contributed by atoms with Crippen LogP contribution in [0.3, 0.4) is 0 Å². The van der Waals surface area contributed by atoms with Gasteiger partial charge in [-0.25, -0.2) is 4.39 Å². The average Bonchev–Trinajstić information content (AvgIpc) is 2.75. The van der Waals surface area contributed by atoms with Gasteiger partial charge in [0.2, 0.25) is 5.91 Å². The van der Waals surface area contributed by atoms with E-state index < -0.39 is 6.04 Å². The molecular weight excluding hydrogens is 375 g/mol. The number of piperidine rings is 1. The molecule has 148 valence electrons. The second kappa shape index (κ2) is 10.3. The molecule has 1 N–H and O–H groups in total. The summed E-state index contributed by atoms with van der Waals surface area (Å²) in [7, 11) is 0. The zero-order valence-corrected chi connectivity index (χ0v) is 16.6. The first-order valence-electron chi connectivity index (χ1n) is 9.67. The van der Waals surface area contributed by atoms with Crippen molar-refractivity contribution in [3.05, 3.63) is 66.0 Å². The molecule has 0 radical (unpaired) electrons. The van der Waals surface area contributed by atoms with Crippen molar-refractivity contribution in [2.75, 3.05) is 18.8 Å². The number of hydrogen-bond acceptors (Lipinski definition) is 3. The Kier molecular flexibility index (Phi) is 7.48. The van der Waals surface area contributed by atoms with Crippen molar-refractivity contribution in [3.8, 4) is 0 Å². The second-order valence-corrected chi connectivity index (χ2v) is 7.99. The molecule has 6 heteroatoms. The van der Waals surface area contributed by atoms with E-state index in [4.69, 9.17) is 0 Å². The Bertz CT molecular complexity index is 783. The molecule has 2 amide bonds. The van der Waals surface area contributed by atoms with E-state index in [0.717, 1.165) is 29.9 Å². The smallest absolute Gasteiger partial charge is 0.254 e. The summed E-state index contributed by atoms with van der Waals surface area (Å²) < 4.78 is 12.9. The Morgan fingerprint density at radius 1 is 1.07 bits per heavy atom. The van der Waals surface area contributed by atoms with Crippen molar-refractivity contribution in [2.24, 2.45) is 0 Å². The van der Waals surface area contributed by atoms with Crippen molar-refractivity contribution in [3.63, 3.8) is 0 Å². The van der Waals surface area contributed by atoms with E-state index in [1.165, 1.54) is 12.1 Å². The lowest BCUT2D eigenvalue weighted by atomic mass is 10.00. The number of thioether (sulfide) groups is 1. The van der Waals surface area contributed by atoms with E-state index in [-0.39, 0.29) is 17.6 Å². The van der Waals surface area contributed by atoms with Crippen LogP contribution in [0, 0.1) is 5.82 Å². The summed E-state index contributed by atoms with van der Waals surface area (Å²) in [6, 6.07) is 15.2. The standard InChI is InChI=1S/C22H25FN2O2S/c23-18-10-12-19(13-11-18)28-16-6-14-24-21(26)20-9-4-5-15-25(20)22(27)17-7-2-1-3-8-17/h1-3,7-8,10-13,20H,4-6,9,14-16H2,(H,24,26). The Balaban J connectivity index is 1.46. The number of carbonyl (C=O) groups excluding carboxylic acids is 2. The molecule has 2 aromatic rings. The zero-order valence-electron chi connectivity index (χ0n) is 15.8. The van der Waals surface area contributed by atoms with Crippen LogP contribution in [-0.4, -0.2) is 41.6 Å². The molecule has 1 aliphatic heterocycles. The van der Waals surface area contributed by atoms with E-state index in [1.54, 1.807) is 40.9 Å². The maximum absolute atomic E-state index is 12.9. The third kappa shape index (κ3) is 5.58. The van der Waals surface area contributed by atoms with Crippen LogP contribution in [0.5, 0.6) is 0 Å². The van der Waals surface area contributed by atoms with Gasteiger partial charge in [0.1, 0.15) is 11.9 Å². The molecule has 0 aromatic heterocycles. The van der Waals surface area contributed by atoms with Gasteiger partial charge < -0.3 is 10.2 Å². The number of benzene rings is 2. The number of hydrogen-bond donors (Lipinski definition) is 1. The van der Waals surface area contributed by atoms with Gasteiger partial charge in [-0.2, -0.15) is 0 Å². The van der Waals surface area contributed by atoms with Crippen LogP contribution < -0.4 is 5.32 Å². The van der Waals surface area contributed by atoms with Crippen molar-refractivity contribution >= 4 is 23.6 Å². The predicted octanol–water partition coefficient (Wildman–Crippen LogP) is 4.12. The predicted molar refractivity (Wildman–Crippen MR) is 110 cm³/mol. The minimum atomic E-state index is -0.397. The number of halogens is 1. The zero-order chi connectivity index (χ0) is 19.8. The molecule has 0 aliphatic carbocycles. The van der Waals surface area contributed by atoms with Gasteiger partial charge >= 0.3 is 0 Å². The molecule has 1 fully saturated rings. The second-order valence-electron chi connectivity index (χ2n) is 6.82. The topological polar surface area (TPSA) is 49.4 Å². The summed E-state index contributed by atoms with van der Waals surface area (Å²) in [6.45, 7) is 1.18. The molecule has 2 aromatic carbocycles. The highest BCUT2D eigenvalue weighted by atomic mass is 32.2. The molecule has 0 saturated carbocycles. The molecule has 0 bridgehead atoms. The van der Waals surface area contributed by atoms with Gasteiger partial charge in [0.25, 0.3) is 5.91 Å². The lowest BCUT2D eigenvalue weighted by molar-refractivity contribution is -0.126. The van der Waals surface area contributed by atoms with E-state index >= 15 is 0 Å². The normalized spacial score (nSPS) is 16.6. The molecule has 1 atom stereocenters. The molecule has 0 spiro atoms. The van der Waals surface area contributed by atoms with Gasteiger partial charge in [-0.3, -0.25) is 9.59 Å². The SMILES string of the molecule is O=C(NCCCSc1ccc(F)cc1)C1CCCCN1C(=O)c1ccccc1. The molecule has 1 heterocycles. The van der Waals surface area contributed by atoms with Crippen LogP contribution in [-0.2, 0) is 4.79 Å². The van der Waals surface area contributed by atoms with Crippen LogP contribution in [0.25, 0.3) is 0 Å². The van der Waals surface area contributed by atoms with Crippen LogP contribution in [0.15, 0.2) is 59.5 Å². The van der Waals surface area contributed by atoms with Crippen molar-refractivity contribution in [1.82, 2.24) is 10.2 Å². The van der Waals surface area contributed by atoms with Crippen molar-refractivity contribution in [2.45, 2.75) is 36.6 Å². The highest BCUT2D eigenvalue weighted by Crippen LogP contribution is 2.21. The Morgan fingerprint density at radius 2 is 1.82 bits per heavy atom. The maximum Gasteiger partial charge on any atom is 0.254 e. The van der Waals surface area contributed by atoms with E-state index in [1.807, 2.05) is 18.2 Å². The fraction of sp³-hybridized carbons (Fsp3) is 0.364. The van der Waals surface area contributed by atoms with Crippen molar-refractivity contribution < 1.29 is 14.0 Å². The molecular formula is C22H25FN2O2S. The van der Waals surface area contributed by atoms with Crippen molar-refractivity contribution in [1.29, 1.82) is 0 Å². The number of rotatable bonds is 7. The fourth-order valence-corrected chi connectivity index (χ4v) is 4.17. The Morgan fingerprint density at radius 3 is 2.57 bits per heavy atom. The van der Waals surface area contributed by atoms with E-state index in [2.05, 4.69) is 5.32 Å². The highest BCUT2D eigenvalue weighted by Gasteiger charge is 2.32. The third-order valence-electron chi connectivity index (χ3n) is 4.79. The van der Waals surface area contributed by atoms with Gasteiger partial charge in [0.05, 0.1) is 0 Å². The number of nitrogens with zero attached hydrogens (tertiary/aromatic N) is 1. The van der Waals surface area contributed by atoms with Crippen LogP contribution in [0.4, 0.5) is 4.39 Å². The fourth-order valence-electron chi connectivity index (χ4n) is 3.32. The van der Waals surface area contributed by atoms with Gasteiger partial charge in [0, 0.05) is 23.5 Å². The lowest BCUT2D eigenvalue weighted by Crippen LogP contribution is -2.52. The molecule has 28 heavy (non-hydrogen) atoms. The van der Waals surface area contributed by atoms with Gasteiger partial charge in [-0.1, -0.05) is 18.2 Å². The number of nitrogens with one attached hydrogen (secondary N) is 1. The monoisotopic (exact) mass is 400 g/mol. The summed E-state index contributed by atoms with van der Waals surface area (Å²) in [6.07, 6.45) is 3.40. The van der Waals surface area contributed by atoms with Crippen LogP contribution in [0.2, 0.25) is 0 Å². The minimum absolute atomic E-state index is 0.0734. The van der Waals surface area contributed by atoms with Gasteiger partial charge in [-0.15, -0.1) is 11.8 Å². The maximum atomic E-state index is 12.9. The van der Waals surface area contributed by atoms with Gasteiger partial charge in [0.15, 0.2) is 0 Å². The largest absolute Gasteiger partial charge is 0.354 e. The Labute approximate surface area is 169 Å². The summed E-state index contributed by atoms with van der Waals surface area (Å²) >= 11 is 1.64. The minimum Gasteiger partial charge on any atom is -0.354 e. The summed E-state index contributed by atoms with van der Waals surface area (Å²) in [5.41, 5.74) is 0.623. The van der Waals surface area contributed by atoms with Crippen LogP contribution >= 0.6 is 11.8 Å². The van der Waals surface area contributed by atoms with E-state index in [0.29, 0.717) is 25.1 Å². The summed E-state index contributed by atoms with van der Waals surface area (Å²) in [5.74, 6) is 0.449. The number of carbonyl (C=O) groups is 2. The van der Waals surface area contributed by atoms with Gasteiger partial charge in [-0.05, 0) is 67.8 Å². The van der Waals surface area contributed by atoms with E-state index in [9.17, 15) is 14.0 Å². The quantitative estimate of drug-likeness (QED) is 0.562. The lowest BCUT2D eigenvalue weighted by Gasteiger charge is -2.34. The highest BCUT2D eigenvalue weighted by molar-refractivity contribution is 7.99. The third-order valence-corrected chi connectivity index (χ3v) is 5.89. The summed E-state index contributed by atoms with van der Waals surface area (Å²) in [4.78, 5) is 28.2.